The van der Waals surface area contributed by atoms with Gasteiger partial charge in [0, 0.05) is 10.9 Å². The lowest BCUT2D eigenvalue weighted by Crippen LogP contribution is -2.05. The molecule has 0 unspecified atom stereocenters. The Kier molecular flexibility index (Phi) is 4.18. The van der Waals surface area contributed by atoms with Crippen LogP contribution in [-0.2, 0) is 9.47 Å². The second-order valence-electron chi connectivity index (χ2n) is 3.80. The quantitative estimate of drug-likeness (QED) is 0.510. The molecule has 0 atom stereocenters. The molecule has 100 valence electrons. The first-order valence-corrected chi connectivity index (χ1v) is 6.19. The van der Waals surface area contributed by atoms with Gasteiger partial charge in [0.15, 0.2) is 12.1 Å². The van der Waals surface area contributed by atoms with E-state index in [0.29, 0.717) is 24.6 Å². The van der Waals surface area contributed by atoms with Gasteiger partial charge in [0.2, 0.25) is 0 Å². The number of nitrogens with zero attached hydrogens (tertiary/aromatic N) is 1. The van der Waals surface area contributed by atoms with Crippen LogP contribution < -0.4 is 0 Å². The Hall–Kier alpha value is -2.30. The van der Waals surface area contributed by atoms with Crippen molar-refractivity contribution in [2.45, 2.75) is 13.8 Å². The molecule has 1 aromatic heterocycles. The number of nitrogens with one attached hydrogen (secondary N) is 1. The van der Waals surface area contributed by atoms with Gasteiger partial charge in [-0.05, 0) is 19.9 Å². The van der Waals surface area contributed by atoms with Gasteiger partial charge in [0.05, 0.1) is 13.2 Å². The Morgan fingerprint density at radius 3 is 2.84 bits per heavy atom. The summed E-state index contributed by atoms with van der Waals surface area (Å²) in [4.78, 5) is 19.1. The van der Waals surface area contributed by atoms with Gasteiger partial charge in [0.1, 0.15) is 5.69 Å². The van der Waals surface area contributed by atoms with Crippen molar-refractivity contribution < 1.29 is 14.3 Å². The van der Waals surface area contributed by atoms with Crippen molar-refractivity contribution in [1.82, 2.24) is 4.98 Å². The fourth-order valence-corrected chi connectivity index (χ4v) is 1.78. The second kappa shape index (κ2) is 6.04. The Balaban J connectivity index is 2.48. The van der Waals surface area contributed by atoms with Crippen molar-refractivity contribution in [3.05, 3.63) is 30.0 Å². The molecule has 2 aromatic rings. The van der Waals surface area contributed by atoms with Crippen LogP contribution in [0.15, 0.2) is 29.3 Å². The molecule has 0 amide bonds. The number of ether oxygens (including phenoxy) is 2. The second-order valence-corrected chi connectivity index (χ2v) is 3.80. The van der Waals surface area contributed by atoms with Crippen LogP contribution in [0.25, 0.3) is 10.9 Å². The molecule has 19 heavy (non-hydrogen) atoms. The van der Waals surface area contributed by atoms with Crippen LogP contribution in [0, 0.1) is 0 Å². The van der Waals surface area contributed by atoms with Gasteiger partial charge in [-0.3, -0.25) is 0 Å². The van der Waals surface area contributed by atoms with E-state index in [1.807, 2.05) is 31.2 Å². The van der Waals surface area contributed by atoms with Gasteiger partial charge in [-0.2, -0.15) is 0 Å². The molecule has 5 nitrogen and oxygen atoms in total. The SMILES string of the molecule is CCOC=Nc1c(C(=O)OCC)[nH]c2ccccc12. The van der Waals surface area contributed by atoms with E-state index in [1.54, 1.807) is 6.92 Å². The number of esters is 1. The van der Waals surface area contributed by atoms with Crippen molar-refractivity contribution in [1.29, 1.82) is 0 Å². The Morgan fingerprint density at radius 1 is 1.32 bits per heavy atom. The minimum atomic E-state index is -0.414. The zero-order valence-corrected chi connectivity index (χ0v) is 11.0. The minimum Gasteiger partial charge on any atom is -0.483 e. The van der Waals surface area contributed by atoms with Crippen LogP contribution in [-0.4, -0.2) is 30.6 Å². The van der Waals surface area contributed by atoms with Gasteiger partial charge in [0.25, 0.3) is 0 Å². The maximum atomic E-state index is 11.9. The summed E-state index contributed by atoms with van der Waals surface area (Å²) in [6.45, 7) is 4.49. The summed E-state index contributed by atoms with van der Waals surface area (Å²) >= 11 is 0. The summed E-state index contributed by atoms with van der Waals surface area (Å²) in [5, 5.41) is 0.863. The number of para-hydroxylation sites is 1. The zero-order chi connectivity index (χ0) is 13.7. The van der Waals surface area contributed by atoms with Crippen LogP contribution in [0.1, 0.15) is 24.3 Å². The minimum absolute atomic E-state index is 0.322. The lowest BCUT2D eigenvalue weighted by molar-refractivity contribution is 0.0521. The van der Waals surface area contributed by atoms with Gasteiger partial charge >= 0.3 is 5.97 Å². The maximum absolute atomic E-state index is 11.9. The summed E-state index contributed by atoms with van der Waals surface area (Å²) < 4.78 is 10.1. The van der Waals surface area contributed by atoms with Gasteiger partial charge in [-0.25, -0.2) is 9.79 Å². The summed E-state index contributed by atoms with van der Waals surface area (Å²) in [5.41, 5.74) is 1.73. The Labute approximate surface area is 111 Å². The molecule has 0 fully saturated rings. The van der Waals surface area contributed by atoms with Crippen molar-refractivity contribution in [3.8, 4) is 0 Å². The predicted octanol–water partition coefficient (Wildman–Crippen LogP) is 3.04. The first-order chi connectivity index (χ1) is 9.27. The molecule has 5 heteroatoms. The lowest BCUT2D eigenvalue weighted by atomic mass is 10.2. The average molecular weight is 260 g/mol. The number of aromatic amines is 1. The molecule has 0 radical (unpaired) electrons. The van der Waals surface area contributed by atoms with E-state index in [0.717, 1.165) is 10.9 Å². The largest absolute Gasteiger partial charge is 0.483 e. The highest BCUT2D eigenvalue weighted by atomic mass is 16.5. The topological polar surface area (TPSA) is 63.7 Å². The van der Waals surface area contributed by atoms with Gasteiger partial charge < -0.3 is 14.5 Å². The smallest absolute Gasteiger partial charge is 0.357 e. The molecule has 0 spiro atoms. The standard InChI is InChI=1S/C14H16N2O3/c1-3-18-9-15-12-10-7-5-6-8-11(10)16-13(12)14(17)19-4-2/h5-9,16H,3-4H2,1-2H3. The number of benzene rings is 1. The van der Waals surface area contributed by atoms with E-state index in [-0.39, 0.29) is 0 Å². The molecule has 0 aliphatic rings. The molecule has 0 aliphatic carbocycles. The van der Waals surface area contributed by atoms with Crippen LogP contribution >= 0.6 is 0 Å². The molecular formula is C14H16N2O3. The van der Waals surface area contributed by atoms with E-state index in [2.05, 4.69) is 9.98 Å². The van der Waals surface area contributed by atoms with Crippen LogP contribution in [0.3, 0.4) is 0 Å². The number of aromatic nitrogens is 1. The van der Waals surface area contributed by atoms with E-state index in [9.17, 15) is 4.79 Å². The molecule has 1 N–H and O–H groups in total. The van der Waals surface area contributed by atoms with Crippen molar-refractivity contribution >= 4 is 29.0 Å². The molecule has 0 saturated heterocycles. The van der Waals surface area contributed by atoms with Gasteiger partial charge in [-0.15, -0.1) is 0 Å². The molecule has 2 rings (SSSR count). The third kappa shape index (κ3) is 2.76. The van der Waals surface area contributed by atoms with E-state index in [4.69, 9.17) is 9.47 Å². The number of rotatable bonds is 5. The van der Waals surface area contributed by atoms with E-state index in [1.165, 1.54) is 6.40 Å². The summed E-state index contributed by atoms with van der Waals surface area (Å²) in [5.74, 6) is -0.414. The third-order valence-electron chi connectivity index (χ3n) is 2.58. The van der Waals surface area contributed by atoms with E-state index < -0.39 is 5.97 Å². The van der Waals surface area contributed by atoms with Crippen molar-refractivity contribution in [3.63, 3.8) is 0 Å². The maximum Gasteiger partial charge on any atom is 0.357 e. The monoisotopic (exact) mass is 260 g/mol. The highest BCUT2D eigenvalue weighted by Crippen LogP contribution is 2.30. The highest BCUT2D eigenvalue weighted by molar-refractivity contribution is 6.05. The summed E-state index contributed by atoms with van der Waals surface area (Å²) in [6, 6.07) is 7.57. The lowest BCUT2D eigenvalue weighted by Gasteiger charge is -2.00. The number of fused-ring (bicyclic) bond motifs is 1. The first-order valence-electron chi connectivity index (χ1n) is 6.19. The average Bonchev–Trinajstić information content (AvgIpc) is 2.79. The molecule has 1 heterocycles. The Bertz CT molecular complexity index is 602. The van der Waals surface area contributed by atoms with Gasteiger partial charge in [-0.1, -0.05) is 18.2 Å². The normalized spacial score (nSPS) is 11.1. The molecule has 0 aliphatic heterocycles. The highest BCUT2D eigenvalue weighted by Gasteiger charge is 2.17. The molecule has 0 saturated carbocycles. The number of carbonyl (C=O) groups is 1. The molecule has 0 bridgehead atoms. The number of aliphatic imine (C=N–C) groups is 1. The van der Waals surface area contributed by atoms with E-state index >= 15 is 0 Å². The van der Waals surface area contributed by atoms with Crippen LogP contribution in [0.2, 0.25) is 0 Å². The number of H-pyrrole nitrogens is 1. The Morgan fingerprint density at radius 2 is 2.11 bits per heavy atom. The molecule has 1 aromatic carbocycles. The van der Waals surface area contributed by atoms with Crippen molar-refractivity contribution in [2.24, 2.45) is 4.99 Å². The number of hydrogen-bond acceptors (Lipinski definition) is 4. The zero-order valence-electron chi connectivity index (χ0n) is 11.0. The third-order valence-corrected chi connectivity index (χ3v) is 2.58. The number of carbonyl (C=O) groups excluding carboxylic acids is 1. The molecular weight excluding hydrogens is 244 g/mol. The summed E-state index contributed by atoms with van der Waals surface area (Å²) in [6.07, 6.45) is 1.35. The number of hydrogen-bond donors (Lipinski definition) is 1. The van der Waals surface area contributed by atoms with Crippen LogP contribution in [0.4, 0.5) is 5.69 Å². The fraction of sp³-hybridized carbons (Fsp3) is 0.286. The summed E-state index contributed by atoms with van der Waals surface area (Å²) in [7, 11) is 0. The first kappa shape index (κ1) is 13.1. The fourth-order valence-electron chi connectivity index (χ4n) is 1.78. The van der Waals surface area contributed by atoms with Crippen LogP contribution in [0.5, 0.6) is 0 Å². The predicted molar refractivity (Wildman–Crippen MR) is 74.0 cm³/mol. The van der Waals surface area contributed by atoms with Crippen molar-refractivity contribution in [2.75, 3.05) is 13.2 Å².